The van der Waals surface area contributed by atoms with Crippen LogP contribution in [0.25, 0.3) is 0 Å². The van der Waals surface area contributed by atoms with Gasteiger partial charge in [-0.2, -0.15) is 4.31 Å². The highest BCUT2D eigenvalue weighted by atomic mass is 32.2. The molecule has 1 aromatic rings. The summed E-state index contributed by atoms with van der Waals surface area (Å²) < 4.78 is 27.1. The topological polar surface area (TPSA) is 37.4 Å². The maximum Gasteiger partial charge on any atom is 0.244 e. The second-order valence-electron chi connectivity index (χ2n) is 7.69. The quantitative estimate of drug-likeness (QED) is 0.595. The Morgan fingerprint density at radius 3 is 1.62 bits per heavy atom. The summed E-state index contributed by atoms with van der Waals surface area (Å²) in [5.74, 6) is 6.10. The first-order chi connectivity index (χ1) is 10.9. The first-order valence-corrected chi connectivity index (χ1v) is 16.4. The fourth-order valence-corrected chi connectivity index (χ4v) is 4.24. The molecule has 0 bridgehead atoms. The summed E-state index contributed by atoms with van der Waals surface area (Å²) in [7, 11) is -6.65. The number of hydrogen-bond donors (Lipinski definition) is 0. The van der Waals surface area contributed by atoms with Crippen LogP contribution < -0.4 is 0 Å². The molecule has 0 aliphatic heterocycles. The zero-order valence-electron chi connectivity index (χ0n) is 15.5. The minimum Gasteiger partial charge on any atom is -0.207 e. The zero-order valence-corrected chi connectivity index (χ0v) is 18.3. The molecule has 0 amide bonds. The van der Waals surface area contributed by atoms with E-state index in [1.165, 1.54) is 4.31 Å². The van der Waals surface area contributed by atoms with E-state index in [0.717, 1.165) is 0 Å². The molecule has 0 unspecified atom stereocenters. The Hall–Kier alpha value is -1.32. The second kappa shape index (κ2) is 8.18. The van der Waals surface area contributed by atoms with Crippen molar-refractivity contribution in [2.24, 2.45) is 0 Å². The SMILES string of the molecule is C[Si](C)(C)C#CCN(CC#C[Si](C)(C)C)S(=O)(=O)c1ccccc1. The number of benzene rings is 1. The van der Waals surface area contributed by atoms with Gasteiger partial charge in [-0.25, -0.2) is 8.42 Å². The standard InChI is InChI=1S/C18H27NO2SSi2/c1-23(2,3)16-10-14-19(15-11-17-24(4,5)6)22(20,21)18-12-8-7-9-13-18/h7-9,12-13H,14-15H2,1-6H3. The van der Waals surface area contributed by atoms with Crippen molar-refractivity contribution in [3.05, 3.63) is 30.3 Å². The molecule has 0 aliphatic rings. The monoisotopic (exact) mass is 377 g/mol. The van der Waals surface area contributed by atoms with Crippen LogP contribution in [0.5, 0.6) is 0 Å². The Morgan fingerprint density at radius 1 is 0.833 bits per heavy atom. The predicted octanol–water partition coefficient (Wildman–Crippen LogP) is 3.44. The van der Waals surface area contributed by atoms with Crippen LogP contribution in [0.2, 0.25) is 39.3 Å². The summed E-state index contributed by atoms with van der Waals surface area (Å²) >= 11 is 0. The molecule has 0 spiro atoms. The van der Waals surface area contributed by atoms with Gasteiger partial charge in [0.1, 0.15) is 16.1 Å². The van der Waals surface area contributed by atoms with Crippen LogP contribution in [0.4, 0.5) is 0 Å². The highest BCUT2D eigenvalue weighted by Gasteiger charge is 2.23. The van der Waals surface area contributed by atoms with Crippen LogP contribution in [0, 0.1) is 22.9 Å². The van der Waals surface area contributed by atoms with Crippen LogP contribution in [0.3, 0.4) is 0 Å². The molecule has 24 heavy (non-hydrogen) atoms. The van der Waals surface area contributed by atoms with Gasteiger partial charge in [0, 0.05) is 0 Å². The molecule has 0 atom stereocenters. The lowest BCUT2D eigenvalue weighted by Gasteiger charge is -2.18. The van der Waals surface area contributed by atoms with E-state index >= 15 is 0 Å². The molecule has 0 aliphatic carbocycles. The average Bonchev–Trinajstić information content (AvgIpc) is 2.44. The normalized spacial score (nSPS) is 12.1. The molecule has 0 N–H and O–H groups in total. The highest BCUT2D eigenvalue weighted by Crippen LogP contribution is 2.14. The first kappa shape index (κ1) is 20.7. The molecule has 130 valence electrons. The Balaban J connectivity index is 3.12. The third-order valence-corrected chi connectivity index (χ3v) is 6.48. The van der Waals surface area contributed by atoms with Crippen LogP contribution in [0.15, 0.2) is 35.2 Å². The van der Waals surface area contributed by atoms with Gasteiger partial charge in [-0.3, -0.25) is 0 Å². The summed E-state index contributed by atoms with van der Waals surface area (Å²) in [6.45, 7) is 13.2. The van der Waals surface area contributed by atoms with Crippen molar-refractivity contribution < 1.29 is 8.42 Å². The van der Waals surface area contributed by atoms with E-state index in [9.17, 15) is 8.42 Å². The summed E-state index contributed by atoms with van der Waals surface area (Å²) in [5.41, 5.74) is 6.45. The van der Waals surface area contributed by atoms with Gasteiger partial charge in [0.15, 0.2) is 0 Å². The minimum absolute atomic E-state index is 0.182. The van der Waals surface area contributed by atoms with E-state index in [4.69, 9.17) is 0 Å². The van der Waals surface area contributed by atoms with Crippen LogP contribution >= 0.6 is 0 Å². The van der Waals surface area contributed by atoms with Gasteiger partial charge in [0.2, 0.25) is 10.0 Å². The van der Waals surface area contributed by atoms with Crippen LogP contribution in [-0.4, -0.2) is 42.0 Å². The molecule has 0 radical (unpaired) electrons. The minimum atomic E-state index is -3.58. The summed E-state index contributed by atoms with van der Waals surface area (Å²) in [6, 6.07) is 8.49. The maximum atomic E-state index is 12.9. The summed E-state index contributed by atoms with van der Waals surface area (Å²) in [4.78, 5) is 0.287. The first-order valence-electron chi connectivity index (χ1n) is 7.97. The molecule has 3 nitrogen and oxygen atoms in total. The molecule has 0 fully saturated rings. The molecule has 0 aromatic heterocycles. The van der Waals surface area contributed by atoms with Crippen molar-refractivity contribution in [3.8, 4) is 22.9 Å². The van der Waals surface area contributed by atoms with Gasteiger partial charge >= 0.3 is 0 Å². The Labute approximate surface area is 149 Å². The molecular weight excluding hydrogens is 350 g/mol. The third kappa shape index (κ3) is 7.50. The third-order valence-electron chi connectivity index (χ3n) is 2.82. The average molecular weight is 378 g/mol. The van der Waals surface area contributed by atoms with Crippen LogP contribution in [0.1, 0.15) is 0 Å². The smallest absolute Gasteiger partial charge is 0.207 e. The van der Waals surface area contributed by atoms with Crippen LogP contribution in [-0.2, 0) is 10.0 Å². The Morgan fingerprint density at radius 2 is 1.25 bits per heavy atom. The van der Waals surface area contributed by atoms with Crippen molar-refractivity contribution in [2.45, 2.75) is 44.2 Å². The van der Waals surface area contributed by atoms with Gasteiger partial charge in [-0.15, -0.1) is 11.1 Å². The number of nitrogens with zero attached hydrogens (tertiary/aromatic N) is 1. The molecule has 0 saturated heterocycles. The van der Waals surface area contributed by atoms with Crippen molar-refractivity contribution in [2.75, 3.05) is 13.1 Å². The van der Waals surface area contributed by atoms with Crippen molar-refractivity contribution in [1.29, 1.82) is 0 Å². The molecule has 1 rings (SSSR count). The summed E-state index contributed by atoms with van der Waals surface area (Å²) in [5, 5.41) is 0. The van der Waals surface area contributed by atoms with E-state index in [2.05, 4.69) is 62.2 Å². The molecule has 1 aromatic carbocycles. The van der Waals surface area contributed by atoms with Gasteiger partial charge in [0.25, 0.3) is 0 Å². The van der Waals surface area contributed by atoms with Crippen molar-refractivity contribution in [3.63, 3.8) is 0 Å². The molecule has 0 heterocycles. The Kier molecular flexibility index (Phi) is 7.06. The molecular formula is C18H27NO2SSi2. The van der Waals surface area contributed by atoms with Gasteiger partial charge in [-0.1, -0.05) is 69.3 Å². The van der Waals surface area contributed by atoms with Gasteiger partial charge in [-0.05, 0) is 12.1 Å². The molecule has 0 saturated carbocycles. The van der Waals surface area contributed by atoms with Crippen molar-refractivity contribution in [1.82, 2.24) is 4.31 Å². The number of rotatable bonds is 4. The highest BCUT2D eigenvalue weighted by molar-refractivity contribution is 7.89. The zero-order chi connectivity index (χ0) is 18.4. The van der Waals surface area contributed by atoms with E-state index in [-0.39, 0.29) is 18.0 Å². The fraction of sp³-hybridized carbons (Fsp3) is 0.444. The summed E-state index contributed by atoms with van der Waals surface area (Å²) in [6.07, 6.45) is 0. The lowest BCUT2D eigenvalue weighted by molar-refractivity contribution is 0.482. The largest absolute Gasteiger partial charge is 0.244 e. The second-order valence-corrected chi connectivity index (χ2v) is 19.1. The van der Waals surface area contributed by atoms with E-state index < -0.39 is 26.2 Å². The van der Waals surface area contributed by atoms with Gasteiger partial charge < -0.3 is 0 Å². The maximum absolute atomic E-state index is 12.9. The number of sulfonamides is 1. The fourth-order valence-electron chi connectivity index (χ4n) is 1.75. The van der Waals surface area contributed by atoms with E-state index in [0.29, 0.717) is 0 Å². The number of hydrogen-bond acceptors (Lipinski definition) is 2. The predicted molar refractivity (Wildman–Crippen MR) is 107 cm³/mol. The van der Waals surface area contributed by atoms with E-state index in [1.54, 1.807) is 30.3 Å². The van der Waals surface area contributed by atoms with E-state index in [1.807, 2.05) is 0 Å². The van der Waals surface area contributed by atoms with Crippen molar-refractivity contribution >= 4 is 26.2 Å². The Bertz CT molecular complexity index is 734. The molecule has 6 heteroatoms. The lowest BCUT2D eigenvalue weighted by Crippen LogP contribution is -2.32. The lowest BCUT2D eigenvalue weighted by atomic mass is 10.4. The van der Waals surface area contributed by atoms with Gasteiger partial charge in [0.05, 0.1) is 18.0 Å².